The maximum absolute atomic E-state index is 11.3. The maximum atomic E-state index is 11.3. The van der Waals surface area contributed by atoms with E-state index >= 15 is 0 Å². The van der Waals surface area contributed by atoms with Crippen molar-refractivity contribution >= 4 is 23.7 Å². The summed E-state index contributed by atoms with van der Waals surface area (Å²) >= 11 is 5.39. The van der Waals surface area contributed by atoms with Gasteiger partial charge in [0.05, 0.1) is 6.21 Å². The summed E-state index contributed by atoms with van der Waals surface area (Å²) in [7, 11) is 0. The Morgan fingerprint density at radius 1 is 1.40 bits per heavy atom. The van der Waals surface area contributed by atoms with Gasteiger partial charge >= 0.3 is 0 Å². The van der Waals surface area contributed by atoms with Crippen LogP contribution in [0.4, 0.5) is 0 Å². The lowest BCUT2D eigenvalue weighted by atomic mass is 10.2. The number of halogens is 1. The molecule has 20 heavy (non-hydrogen) atoms. The molecule has 1 amide bonds. The Balaban J connectivity index is 2.38. The van der Waals surface area contributed by atoms with Gasteiger partial charge in [0.1, 0.15) is 12.4 Å². The van der Waals surface area contributed by atoms with E-state index < -0.39 is 0 Å². The maximum Gasteiger partial charge on any atom is 0.240 e. The van der Waals surface area contributed by atoms with Gasteiger partial charge in [0.15, 0.2) is 0 Å². The first kappa shape index (κ1) is 16.2. The van der Waals surface area contributed by atoms with Gasteiger partial charge in [-0.15, -0.1) is 0 Å². The lowest BCUT2D eigenvalue weighted by Gasteiger charge is -2.02. The van der Waals surface area contributed by atoms with Crippen LogP contribution in [0.15, 0.2) is 41.0 Å². The zero-order chi connectivity index (χ0) is 14.6. The van der Waals surface area contributed by atoms with Crippen molar-refractivity contribution in [3.05, 3.63) is 41.4 Å². The quantitative estimate of drug-likeness (QED) is 0.589. The van der Waals surface area contributed by atoms with E-state index in [0.717, 1.165) is 24.2 Å². The molecule has 0 heterocycles. The predicted molar refractivity (Wildman–Crippen MR) is 82.2 cm³/mol. The molecule has 0 aliphatic rings. The summed E-state index contributed by atoms with van der Waals surface area (Å²) in [5.41, 5.74) is 4.81. The van der Waals surface area contributed by atoms with E-state index in [1.165, 1.54) is 5.54 Å². The van der Waals surface area contributed by atoms with E-state index in [2.05, 4.69) is 10.5 Å². The highest BCUT2D eigenvalue weighted by Gasteiger charge is 1.97. The van der Waals surface area contributed by atoms with Gasteiger partial charge in [-0.2, -0.15) is 5.10 Å². The number of unbranched alkanes of at least 4 members (excludes halogenated alkanes) is 1. The minimum absolute atomic E-state index is 0.0593. The van der Waals surface area contributed by atoms with Crippen molar-refractivity contribution < 1.29 is 9.53 Å². The fraction of sp³-hybridized carbons (Fsp3) is 0.333. The SMILES string of the molecule is CCCCC(=O)N/N=C/c1ccc(OC/C=C/Cl)cc1. The summed E-state index contributed by atoms with van der Waals surface area (Å²) < 4.78 is 5.40. The highest BCUT2D eigenvalue weighted by atomic mass is 35.5. The second-order valence-corrected chi connectivity index (χ2v) is 4.39. The molecule has 0 atom stereocenters. The van der Waals surface area contributed by atoms with E-state index in [1.807, 2.05) is 31.2 Å². The number of carbonyl (C=O) groups is 1. The Labute approximate surface area is 124 Å². The van der Waals surface area contributed by atoms with Crippen molar-refractivity contribution in [2.24, 2.45) is 5.10 Å². The summed E-state index contributed by atoms with van der Waals surface area (Å²) in [6.45, 7) is 2.48. The Bertz CT molecular complexity index is 455. The number of nitrogens with zero attached hydrogens (tertiary/aromatic N) is 1. The summed E-state index contributed by atoms with van der Waals surface area (Å²) in [5.74, 6) is 0.694. The van der Waals surface area contributed by atoms with Crippen LogP contribution in [0, 0.1) is 0 Å². The first-order valence-electron chi connectivity index (χ1n) is 6.56. The van der Waals surface area contributed by atoms with Crippen LogP contribution in [0.5, 0.6) is 5.75 Å². The molecule has 0 aliphatic heterocycles. The fourth-order valence-corrected chi connectivity index (χ4v) is 1.48. The highest BCUT2D eigenvalue weighted by molar-refractivity contribution is 6.25. The average molecular weight is 295 g/mol. The molecule has 0 unspecified atom stereocenters. The van der Waals surface area contributed by atoms with Crippen molar-refractivity contribution in [2.75, 3.05) is 6.61 Å². The van der Waals surface area contributed by atoms with Gasteiger partial charge in [0, 0.05) is 12.0 Å². The van der Waals surface area contributed by atoms with Gasteiger partial charge in [0.2, 0.25) is 5.91 Å². The number of amides is 1. The number of hydrazone groups is 1. The summed E-state index contributed by atoms with van der Waals surface area (Å²) in [6, 6.07) is 7.40. The van der Waals surface area contributed by atoms with Gasteiger partial charge < -0.3 is 4.74 Å². The van der Waals surface area contributed by atoms with Crippen LogP contribution in [0.25, 0.3) is 0 Å². The minimum Gasteiger partial charge on any atom is -0.490 e. The molecule has 1 rings (SSSR count). The highest BCUT2D eigenvalue weighted by Crippen LogP contribution is 2.11. The van der Waals surface area contributed by atoms with E-state index in [0.29, 0.717) is 13.0 Å². The van der Waals surface area contributed by atoms with Crippen LogP contribution in [-0.2, 0) is 4.79 Å². The van der Waals surface area contributed by atoms with Crippen molar-refractivity contribution in [1.82, 2.24) is 5.43 Å². The molecule has 0 radical (unpaired) electrons. The lowest BCUT2D eigenvalue weighted by molar-refractivity contribution is -0.121. The molecule has 1 N–H and O–H groups in total. The number of benzene rings is 1. The zero-order valence-electron chi connectivity index (χ0n) is 11.5. The van der Waals surface area contributed by atoms with Gasteiger partial charge in [0.25, 0.3) is 0 Å². The first-order valence-corrected chi connectivity index (χ1v) is 7.00. The molecule has 1 aromatic rings. The smallest absolute Gasteiger partial charge is 0.240 e. The Hall–Kier alpha value is -1.81. The number of rotatable bonds is 8. The zero-order valence-corrected chi connectivity index (χ0v) is 12.3. The predicted octanol–water partition coefficient (Wildman–Crippen LogP) is 3.46. The molecule has 0 aliphatic carbocycles. The second kappa shape index (κ2) is 10.0. The molecular weight excluding hydrogens is 276 g/mol. The molecule has 4 nitrogen and oxygen atoms in total. The molecule has 1 aromatic carbocycles. The number of ether oxygens (including phenoxy) is 1. The number of hydrogen-bond acceptors (Lipinski definition) is 3. The average Bonchev–Trinajstić information content (AvgIpc) is 2.47. The third kappa shape index (κ3) is 6.95. The topological polar surface area (TPSA) is 50.7 Å². The molecule has 0 fully saturated rings. The molecule has 0 aromatic heterocycles. The summed E-state index contributed by atoms with van der Waals surface area (Å²) in [4.78, 5) is 11.3. The van der Waals surface area contributed by atoms with Crippen LogP contribution < -0.4 is 10.2 Å². The number of carbonyl (C=O) groups excluding carboxylic acids is 1. The molecule has 0 spiro atoms. The molecule has 0 saturated heterocycles. The van der Waals surface area contributed by atoms with Gasteiger partial charge in [-0.1, -0.05) is 24.9 Å². The first-order chi connectivity index (χ1) is 9.76. The standard InChI is InChI=1S/C15H19ClN2O2/c1-2-3-5-15(19)18-17-12-13-6-8-14(9-7-13)20-11-4-10-16/h4,6-10,12H,2-3,5,11H2,1H3,(H,18,19)/b10-4+,17-12+. The normalized spacial score (nSPS) is 11.1. The van der Waals surface area contributed by atoms with Gasteiger partial charge in [-0.05, 0) is 42.3 Å². The number of hydrogen-bond donors (Lipinski definition) is 1. The van der Waals surface area contributed by atoms with E-state index in [9.17, 15) is 4.79 Å². The van der Waals surface area contributed by atoms with E-state index in [4.69, 9.17) is 16.3 Å². The van der Waals surface area contributed by atoms with Crippen molar-refractivity contribution in [2.45, 2.75) is 26.2 Å². The Kier molecular flexibility index (Phi) is 8.15. The van der Waals surface area contributed by atoms with Crippen molar-refractivity contribution in [1.29, 1.82) is 0 Å². The third-order valence-electron chi connectivity index (χ3n) is 2.48. The lowest BCUT2D eigenvalue weighted by Crippen LogP contribution is -2.16. The van der Waals surface area contributed by atoms with Gasteiger partial charge in [-0.25, -0.2) is 5.43 Å². The van der Waals surface area contributed by atoms with E-state index in [1.54, 1.807) is 12.3 Å². The number of nitrogens with one attached hydrogen (secondary N) is 1. The Morgan fingerprint density at radius 3 is 2.80 bits per heavy atom. The molecule has 5 heteroatoms. The van der Waals surface area contributed by atoms with Crippen LogP contribution in [0.2, 0.25) is 0 Å². The molecular formula is C15H19ClN2O2. The minimum atomic E-state index is -0.0593. The van der Waals surface area contributed by atoms with Crippen molar-refractivity contribution in [3.63, 3.8) is 0 Å². The largest absolute Gasteiger partial charge is 0.490 e. The summed E-state index contributed by atoms with van der Waals surface area (Å²) in [5, 5.41) is 3.91. The Morgan fingerprint density at radius 2 is 2.15 bits per heavy atom. The van der Waals surface area contributed by atoms with Gasteiger partial charge in [-0.3, -0.25) is 4.79 Å². The fourth-order valence-electron chi connectivity index (χ4n) is 1.40. The monoisotopic (exact) mass is 294 g/mol. The third-order valence-corrected chi connectivity index (χ3v) is 2.65. The molecule has 108 valence electrons. The summed E-state index contributed by atoms with van der Waals surface area (Å²) in [6.07, 6.45) is 5.70. The van der Waals surface area contributed by atoms with Crippen LogP contribution in [-0.4, -0.2) is 18.7 Å². The molecule has 0 bridgehead atoms. The van der Waals surface area contributed by atoms with Crippen LogP contribution in [0.1, 0.15) is 31.7 Å². The van der Waals surface area contributed by atoms with E-state index in [-0.39, 0.29) is 5.91 Å². The van der Waals surface area contributed by atoms with Crippen molar-refractivity contribution in [3.8, 4) is 5.75 Å². The second-order valence-electron chi connectivity index (χ2n) is 4.14. The van der Waals surface area contributed by atoms with Crippen LogP contribution in [0.3, 0.4) is 0 Å². The molecule has 0 saturated carbocycles. The van der Waals surface area contributed by atoms with Crippen LogP contribution >= 0.6 is 11.6 Å².